The van der Waals surface area contributed by atoms with Crippen molar-refractivity contribution in [3.05, 3.63) is 152 Å². The molecule has 262 valence electrons. The van der Waals surface area contributed by atoms with Crippen molar-refractivity contribution >= 4 is 92.8 Å². The van der Waals surface area contributed by atoms with Crippen LogP contribution in [-0.2, 0) is 19.5 Å². The van der Waals surface area contributed by atoms with Crippen LogP contribution in [0.1, 0.15) is 22.8 Å². The van der Waals surface area contributed by atoms with Crippen LogP contribution in [0.4, 0.5) is 0 Å². The van der Waals surface area contributed by atoms with Gasteiger partial charge in [-0.3, -0.25) is 0 Å². The number of hydrogen-bond donors (Lipinski definition) is 2. The Morgan fingerprint density at radius 2 is 0.691 bits per heavy atom. The summed E-state index contributed by atoms with van der Waals surface area (Å²) in [5.74, 6) is 0.188. The summed E-state index contributed by atoms with van der Waals surface area (Å²) in [6.45, 7) is 0. The molecule has 0 atom stereocenters. The van der Waals surface area contributed by atoms with Crippen molar-refractivity contribution in [1.82, 2.24) is 19.9 Å². The number of rotatable bonds is 4. The van der Waals surface area contributed by atoms with Crippen LogP contribution in [0.3, 0.4) is 0 Å². The van der Waals surface area contributed by atoms with Crippen molar-refractivity contribution in [3.63, 3.8) is 0 Å². The third-order valence-corrected chi connectivity index (χ3v) is 10.6. The number of phenols is 2. The zero-order chi connectivity index (χ0) is 37.1. The van der Waals surface area contributed by atoms with E-state index in [-0.39, 0.29) is 31.0 Å². The van der Waals surface area contributed by atoms with E-state index in [2.05, 4.69) is 0 Å². The number of benzene rings is 4. The Labute approximate surface area is 348 Å². The Morgan fingerprint density at radius 3 is 1.04 bits per heavy atom. The number of hydrogen-bond acceptors (Lipinski definition) is 4. The molecule has 8 bridgehead atoms. The molecule has 3 aromatic heterocycles. The van der Waals surface area contributed by atoms with Gasteiger partial charge in [-0.1, -0.05) is 107 Å². The van der Waals surface area contributed by atoms with Crippen molar-refractivity contribution in [3.8, 4) is 56.0 Å². The number of aromatic hydroxyl groups is 2. The zero-order valence-electron chi connectivity index (χ0n) is 28.6. The monoisotopic (exact) mass is 844 g/mol. The van der Waals surface area contributed by atoms with Crippen LogP contribution in [0.25, 0.3) is 90.9 Å². The maximum atomic E-state index is 10.6. The average molecular weight is 848 g/mol. The van der Waals surface area contributed by atoms with E-state index in [0.29, 0.717) is 109 Å². The van der Waals surface area contributed by atoms with Gasteiger partial charge in [0.05, 0.1) is 22.8 Å². The molecule has 0 amide bonds. The van der Waals surface area contributed by atoms with Crippen LogP contribution in [0.15, 0.2) is 109 Å². The van der Waals surface area contributed by atoms with E-state index in [0.717, 1.165) is 0 Å². The van der Waals surface area contributed by atoms with Gasteiger partial charge in [-0.2, -0.15) is 0 Å². The van der Waals surface area contributed by atoms with E-state index in [9.17, 15) is 10.2 Å². The fourth-order valence-corrected chi connectivity index (χ4v) is 8.16. The second-order valence-electron chi connectivity index (χ2n) is 12.7. The van der Waals surface area contributed by atoms with Gasteiger partial charge >= 0.3 is 19.5 Å². The molecule has 2 aliphatic rings. The van der Waals surface area contributed by atoms with Gasteiger partial charge in [-0.05, 0) is 106 Å². The standard InChI is InChI=1S/C44H24Cl4N4O2.Zn/c45-27-9-3-10-28(46)41(27)43-35-17-13-31(49-35)39(23-5-1-7-25(53)21-23)32-14-18-36(50-32)44(42-29(47)11-4-12-30(42)48)38-20-16-34(52-38)40(33-15-19-37(43)51-33)24-6-2-8-26(54)22-24;/h1-22H,(H2-2,49,50,51,52,53,54);/q-2;+2. The fourth-order valence-electron chi connectivity index (χ4n) is 6.99. The molecule has 0 aliphatic carbocycles. The molecular formula is C44H24Cl4N4O2Zn. The third kappa shape index (κ3) is 6.67. The molecule has 0 unspecified atom stereocenters. The summed E-state index contributed by atoms with van der Waals surface area (Å²) in [5.41, 5.74) is 9.83. The molecule has 0 fully saturated rings. The van der Waals surface area contributed by atoms with Gasteiger partial charge in [0.1, 0.15) is 11.5 Å². The molecule has 7 aromatic rings. The predicted molar refractivity (Wildman–Crippen MR) is 222 cm³/mol. The second kappa shape index (κ2) is 14.8. The smallest absolute Gasteiger partial charge is 0.657 e. The van der Waals surface area contributed by atoms with E-state index in [1.807, 2.05) is 60.7 Å². The molecular weight excluding hydrogens is 824 g/mol. The third-order valence-electron chi connectivity index (χ3n) is 9.30. The predicted octanol–water partition coefficient (Wildman–Crippen LogP) is 12.6. The van der Waals surface area contributed by atoms with Crippen molar-refractivity contribution in [2.45, 2.75) is 0 Å². The summed E-state index contributed by atoms with van der Waals surface area (Å²) in [6, 6.07) is 32.2. The fraction of sp³-hybridized carbons (Fsp3) is 0. The first-order valence-electron chi connectivity index (χ1n) is 16.8. The van der Waals surface area contributed by atoms with Crippen molar-refractivity contribution in [2.24, 2.45) is 0 Å². The van der Waals surface area contributed by atoms with Gasteiger partial charge in [-0.15, -0.1) is 22.1 Å². The summed E-state index contributed by atoms with van der Waals surface area (Å²) in [5, 5.41) is 22.9. The Bertz CT molecular complexity index is 2690. The first kappa shape index (κ1) is 36.8. The van der Waals surface area contributed by atoms with Crippen LogP contribution < -0.4 is 9.97 Å². The van der Waals surface area contributed by atoms with Gasteiger partial charge in [0.25, 0.3) is 0 Å². The zero-order valence-corrected chi connectivity index (χ0v) is 34.6. The van der Waals surface area contributed by atoms with E-state index >= 15 is 0 Å². The van der Waals surface area contributed by atoms with Crippen LogP contribution in [-0.4, -0.2) is 20.2 Å². The SMILES string of the molecule is Oc1cccc(-c2c3nc(c(-c4c(Cl)cccc4Cl)c4ccc([n-]4)c(-c4cccc(O)c4)c4nc(c(-c5c(Cl)cccc5Cl)c5ccc2[n-]5)C=C4)C=C3)c1.[Zn+2]. The van der Waals surface area contributed by atoms with Gasteiger partial charge in [-0.25, -0.2) is 9.97 Å². The quantitative estimate of drug-likeness (QED) is 0.171. The average Bonchev–Trinajstić information content (AvgIpc) is 3.98. The number of halogens is 4. The maximum Gasteiger partial charge on any atom is 2.00 e. The van der Waals surface area contributed by atoms with Crippen molar-refractivity contribution in [1.29, 1.82) is 0 Å². The Balaban J connectivity index is 0.00000427. The van der Waals surface area contributed by atoms with Crippen LogP contribution in [0.5, 0.6) is 11.5 Å². The second-order valence-corrected chi connectivity index (χ2v) is 14.3. The van der Waals surface area contributed by atoms with Gasteiger partial charge in [0.15, 0.2) is 0 Å². The molecule has 9 rings (SSSR count). The Kier molecular flexibility index (Phi) is 9.93. The summed E-state index contributed by atoms with van der Waals surface area (Å²) in [7, 11) is 0. The topological polar surface area (TPSA) is 94.4 Å². The molecule has 5 heterocycles. The summed E-state index contributed by atoms with van der Waals surface area (Å²) >= 11 is 27.6. The normalized spacial score (nSPS) is 11.9. The molecule has 2 N–H and O–H groups in total. The molecule has 2 aliphatic heterocycles. The first-order valence-corrected chi connectivity index (χ1v) is 18.3. The maximum absolute atomic E-state index is 10.6. The summed E-state index contributed by atoms with van der Waals surface area (Å²) in [4.78, 5) is 20.7. The van der Waals surface area contributed by atoms with Gasteiger partial charge in [0.2, 0.25) is 0 Å². The summed E-state index contributed by atoms with van der Waals surface area (Å²) < 4.78 is 0. The minimum atomic E-state index is 0. The number of fused-ring (bicyclic) bond motifs is 8. The summed E-state index contributed by atoms with van der Waals surface area (Å²) in [6.07, 6.45) is 7.60. The number of phenolic OH excluding ortho intramolecular Hbond substituents is 2. The van der Waals surface area contributed by atoms with E-state index in [1.54, 1.807) is 72.8 Å². The molecule has 6 nitrogen and oxygen atoms in total. The van der Waals surface area contributed by atoms with Crippen LogP contribution in [0, 0.1) is 0 Å². The van der Waals surface area contributed by atoms with E-state index in [4.69, 9.17) is 66.3 Å². The Hall–Kier alpha value is -5.14. The molecule has 4 aromatic carbocycles. The van der Waals surface area contributed by atoms with Gasteiger partial charge < -0.3 is 20.2 Å². The molecule has 11 heteroatoms. The van der Waals surface area contributed by atoms with Crippen molar-refractivity contribution in [2.75, 3.05) is 0 Å². The van der Waals surface area contributed by atoms with Crippen molar-refractivity contribution < 1.29 is 29.7 Å². The van der Waals surface area contributed by atoms with E-state index in [1.165, 1.54) is 0 Å². The molecule has 0 radical (unpaired) electrons. The Morgan fingerprint density at radius 1 is 0.382 bits per heavy atom. The molecule has 0 saturated carbocycles. The molecule has 55 heavy (non-hydrogen) atoms. The molecule has 0 spiro atoms. The van der Waals surface area contributed by atoms with Gasteiger partial charge in [0, 0.05) is 31.2 Å². The van der Waals surface area contributed by atoms with E-state index < -0.39 is 0 Å². The largest absolute Gasteiger partial charge is 2.00 e. The van der Waals surface area contributed by atoms with Crippen LogP contribution >= 0.6 is 46.4 Å². The van der Waals surface area contributed by atoms with Crippen LogP contribution in [0.2, 0.25) is 20.1 Å². The molecule has 0 saturated heterocycles. The minimum Gasteiger partial charge on any atom is -0.657 e. The number of nitrogens with zero attached hydrogens (tertiary/aromatic N) is 4. The first-order chi connectivity index (χ1) is 26.2. The minimum absolute atomic E-state index is 0. The number of aromatic nitrogens is 4.